The van der Waals surface area contributed by atoms with Gasteiger partial charge in [0.2, 0.25) is 21.8 Å². The summed E-state index contributed by atoms with van der Waals surface area (Å²) in [7, 11) is -3.73. The highest BCUT2D eigenvalue weighted by molar-refractivity contribution is 7.89. The first kappa shape index (κ1) is 23.4. The lowest BCUT2D eigenvalue weighted by Crippen LogP contribution is -2.43. The first-order valence-corrected chi connectivity index (χ1v) is 12.9. The van der Waals surface area contributed by atoms with Crippen molar-refractivity contribution >= 4 is 33.2 Å². The summed E-state index contributed by atoms with van der Waals surface area (Å²) in [5, 5.41) is 2.95. The number of hydrogen-bond acceptors (Lipinski definition) is 4. The van der Waals surface area contributed by atoms with Gasteiger partial charge in [0.15, 0.2) is 0 Å². The topological polar surface area (TPSA) is 86.8 Å². The standard InChI is InChI=1S/C25H31N3O4S/c1-17-8-9-22(14-18(17)2)26-25(30)21-7-4-12-27(16-21)33(31,32)23-10-11-24-20(15-23)6-5-13-28(24)19(3)29/h8-11,14-15,21H,4-7,12-13,16H2,1-3H3,(H,26,30)/t21-/m1/s1. The van der Waals surface area contributed by atoms with Crippen molar-refractivity contribution < 1.29 is 18.0 Å². The van der Waals surface area contributed by atoms with Crippen LogP contribution >= 0.6 is 0 Å². The summed E-state index contributed by atoms with van der Waals surface area (Å²) >= 11 is 0. The summed E-state index contributed by atoms with van der Waals surface area (Å²) in [6.45, 7) is 6.74. The van der Waals surface area contributed by atoms with Crippen LogP contribution in [0.5, 0.6) is 0 Å². The van der Waals surface area contributed by atoms with Crippen molar-refractivity contribution in [3.8, 4) is 0 Å². The van der Waals surface area contributed by atoms with Crippen molar-refractivity contribution in [2.24, 2.45) is 5.92 Å². The van der Waals surface area contributed by atoms with Crippen molar-refractivity contribution in [2.75, 3.05) is 29.9 Å². The molecule has 2 aromatic carbocycles. The van der Waals surface area contributed by atoms with Gasteiger partial charge in [-0.05, 0) is 86.6 Å². The summed E-state index contributed by atoms with van der Waals surface area (Å²) < 4.78 is 28.2. The monoisotopic (exact) mass is 469 g/mol. The Kier molecular flexibility index (Phi) is 6.59. The van der Waals surface area contributed by atoms with Crippen LogP contribution in [0.3, 0.4) is 0 Å². The Balaban J connectivity index is 1.51. The quantitative estimate of drug-likeness (QED) is 0.741. The van der Waals surface area contributed by atoms with E-state index >= 15 is 0 Å². The number of rotatable bonds is 4. The lowest BCUT2D eigenvalue weighted by Gasteiger charge is -2.32. The Morgan fingerprint density at radius 3 is 2.52 bits per heavy atom. The second-order valence-corrected chi connectivity index (χ2v) is 11.0. The van der Waals surface area contributed by atoms with Crippen LogP contribution < -0.4 is 10.2 Å². The fourth-order valence-corrected chi connectivity index (χ4v) is 6.22. The Bertz CT molecular complexity index is 1190. The molecule has 0 radical (unpaired) electrons. The Morgan fingerprint density at radius 1 is 1.00 bits per heavy atom. The zero-order chi connectivity index (χ0) is 23.8. The van der Waals surface area contributed by atoms with Gasteiger partial charge >= 0.3 is 0 Å². The molecule has 8 heteroatoms. The summed E-state index contributed by atoms with van der Waals surface area (Å²) in [4.78, 5) is 26.7. The third kappa shape index (κ3) is 4.82. The lowest BCUT2D eigenvalue weighted by atomic mass is 9.98. The second kappa shape index (κ2) is 9.27. The van der Waals surface area contributed by atoms with E-state index in [1.807, 2.05) is 32.0 Å². The Hall–Kier alpha value is -2.71. The predicted octanol–water partition coefficient (Wildman–Crippen LogP) is 3.64. The number of hydrogen-bond donors (Lipinski definition) is 1. The SMILES string of the molecule is CC(=O)N1CCCc2cc(S(=O)(=O)N3CCC[C@@H](C(=O)Nc4ccc(C)c(C)c4)C3)ccc21. The van der Waals surface area contributed by atoms with Gasteiger partial charge < -0.3 is 10.2 Å². The van der Waals surface area contributed by atoms with Crippen molar-refractivity contribution in [3.05, 3.63) is 53.1 Å². The zero-order valence-corrected chi connectivity index (χ0v) is 20.2. The largest absolute Gasteiger partial charge is 0.326 e. The molecule has 2 amide bonds. The van der Waals surface area contributed by atoms with E-state index in [2.05, 4.69) is 5.32 Å². The number of anilines is 2. The number of sulfonamides is 1. The zero-order valence-electron chi connectivity index (χ0n) is 19.4. The highest BCUT2D eigenvalue weighted by atomic mass is 32.2. The van der Waals surface area contributed by atoms with Crippen LogP contribution in [0.4, 0.5) is 11.4 Å². The van der Waals surface area contributed by atoms with E-state index in [0.717, 1.165) is 40.9 Å². The second-order valence-electron chi connectivity index (χ2n) is 9.06. The van der Waals surface area contributed by atoms with Crippen LogP contribution in [0.25, 0.3) is 0 Å². The van der Waals surface area contributed by atoms with E-state index in [9.17, 15) is 18.0 Å². The molecule has 2 heterocycles. The third-order valence-electron chi connectivity index (χ3n) is 6.72. The van der Waals surface area contributed by atoms with Crippen molar-refractivity contribution in [1.82, 2.24) is 4.31 Å². The van der Waals surface area contributed by atoms with Gasteiger partial charge in [0.1, 0.15) is 0 Å². The number of carbonyl (C=O) groups is 2. The molecule has 1 atom stereocenters. The molecule has 0 saturated carbocycles. The van der Waals surface area contributed by atoms with E-state index < -0.39 is 15.9 Å². The van der Waals surface area contributed by atoms with Gasteiger partial charge in [-0.25, -0.2) is 8.42 Å². The molecule has 0 bridgehead atoms. The maximum Gasteiger partial charge on any atom is 0.243 e. The van der Waals surface area contributed by atoms with Crippen molar-refractivity contribution in [1.29, 1.82) is 0 Å². The minimum atomic E-state index is -3.73. The number of fused-ring (bicyclic) bond motifs is 1. The molecular weight excluding hydrogens is 438 g/mol. The molecular formula is C25H31N3O4S. The number of benzene rings is 2. The summed E-state index contributed by atoms with van der Waals surface area (Å²) in [5.74, 6) is -0.595. The lowest BCUT2D eigenvalue weighted by molar-refractivity contribution is -0.121. The first-order chi connectivity index (χ1) is 15.7. The maximum atomic E-state index is 13.4. The third-order valence-corrected chi connectivity index (χ3v) is 8.58. The van der Waals surface area contributed by atoms with Crippen LogP contribution in [-0.4, -0.2) is 44.2 Å². The van der Waals surface area contributed by atoms with Crippen LogP contribution in [-0.2, 0) is 26.0 Å². The van der Waals surface area contributed by atoms with E-state index in [4.69, 9.17) is 0 Å². The molecule has 176 valence electrons. The number of aryl methyl sites for hydroxylation is 3. The van der Waals surface area contributed by atoms with Crippen LogP contribution in [0.2, 0.25) is 0 Å². The molecule has 4 rings (SSSR count). The van der Waals surface area contributed by atoms with Gasteiger partial charge in [0.05, 0.1) is 10.8 Å². The molecule has 2 aromatic rings. The molecule has 7 nitrogen and oxygen atoms in total. The average Bonchev–Trinajstić information content (AvgIpc) is 2.80. The first-order valence-electron chi connectivity index (χ1n) is 11.5. The molecule has 0 aromatic heterocycles. The molecule has 33 heavy (non-hydrogen) atoms. The van der Waals surface area contributed by atoms with Gasteiger partial charge in [-0.1, -0.05) is 6.07 Å². The Labute approximate surface area is 195 Å². The van der Waals surface area contributed by atoms with E-state index in [1.165, 1.54) is 11.2 Å². The molecule has 2 aliphatic rings. The van der Waals surface area contributed by atoms with E-state index in [0.29, 0.717) is 25.9 Å². The van der Waals surface area contributed by atoms with Gasteiger partial charge in [0.25, 0.3) is 0 Å². The van der Waals surface area contributed by atoms with Gasteiger partial charge in [-0.3, -0.25) is 9.59 Å². The van der Waals surface area contributed by atoms with Gasteiger partial charge in [-0.2, -0.15) is 4.31 Å². The fourth-order valence-electron chi connectivity index (χ4n) is 4.65. The number of amides is 2. The van der Waals surface area contributed by atoms with Crippen LogP contribution in [0.15, 0.2) is 41.3 Å². The maximum absolute atomic E-state index is 13.4. The summed E-state index contributed by atoms with van der Waals surface area (Å²) in [6.07, 6.45) is 2.83. The number of piperidine rings is 1. The predicted molar refractivity (Wildman–Crippen MR) is 129 cm³/mol. The molecule has 2 aliphatic heterocycles. The van der Waals surface area contributed by atoms with Crippen LogP contribution in [0, 0.1) is 19.8 Å². The number of nitrogens with zero attached hydrogens (tertiary/aromatic N) is 2. The molecule has 1 N–H and O–H groups in total. The minimum Gasteiger partial charge on any atom is -0.326 e. The van der Waals surface area contributed by atoms with E-state index in [1.54, 1.807) is 23.1 Å². The van der Waals surface area contributed by atoms with Crippen molar-refractivity contribution in [2.45, 2.75) is 51.3 Å². The number of carbonyl (C=O) groups excluding carboxylic acids is 2. The highest BCUT2D eigenvalue weighted by Gasteiger charge is 2.34. The van der Waals surface area contributed by atoms with Gasteiger partial charge in [0, 0.05) is 37.9 Å². The van der Waals surface area contributed by atoms with Crippen LogP contribution in [0.1, 0.15) is 42.9 Å². The summed E-state index contributed by atoms with van der Waals surface area (Å²) in [6, 6.07) is 10.8. The minimum absolute atomic E-state index is 0.0415. The molecule has 0 spiro atoms. The highest BCUT2D eigenvalue weighted by Crippen LogP contribution is 2.32. The van der Waals surface area contributed by atoms with Gasteiger partial charge in [-0.15, -0.1) is 0 Å². The fraction of sp³-hybridized carbons (Fsp3) is 0.440. The average molecular weight is 470 g/mol. The molecule has 0 aliphatic carbocycles. The Morgan fingerprint density at radius 2 is 1.79 bits per heavy atom. The normalized spacial score (nSPS) is 19.1. The number of nitrogens with one attached hydrogen (secondary N) is 1. The molecule has 0 unspecified atom stereocenters. The van der Waals surface area contributed by atoms with Crippen molar-refractivity contribution in [3.63, 3.8) is 0 Å². The summed E-state index contributed by atoms with van der Waals surface area (Å²) in [5.41, 5.74) is 4.64. The van der Waals surface area contributed by atoms with E-state index in [-0.39, 0.29) is 23.3 Å². The smallest absolute Gasteiger partial charge is 0.243 e. The molecule has 1 saturated heterocycles. The molecule has 1 fully saturated rings.